The number of pyridine rings is 2. The lowest BCUT2D eigenvalue weighted by Gasteiger charge is -2.22. The fourth-order valence-electron chi connectivity index (χ4n) is 3.18. The highest BCUT2D eigenvalue weighted by Crippen LogP contribution is 2.34. The number of hydrogen-bond donors (Lipinski definition) is 0. The Hall–Kier alpha value is -2.68. The van der Waals surface area contributed by atoms with Gasteiger partial charge in [-0.3, -0.25) is 14.4 Å². The molecule has 0 aromatic carbocycles. The maximum Gasteiger partial charge on any atom is 0.400 e. The Kier molecular flexibility index (Phi) is 5.29. The van der Waals surface area contributed by atoms with E-state index in [2.05, 4.69) is 14.7 Å². The van der Waals surface area contributed by atoms with Gasteiger partial charge >= 0.3 is 6.11 Å². The minimum absolute atomic E-state index is 0.00166. The van der Waals surface area contributed by atoms with Gasteiger partial charge in [-0.2, -0.15) is 8.78 Å². The average molecular weight is 394 g/mol. The summed E-state index contributed by atoms with van der Waals surface area (Å²) in [6, 6.07) is 1.99. The standard InChI is InChI=1S/C19H17F3N2O4/c1-3-28-19(21,22)17-11(16(27)15-13(25)5-4-6-14(15)26)7-10-8-12(20)9(2)23-18(10)24-17/h7-8,15H,3-6H2,1-2H3. The van der Waals surface area contributed by atoms with Gasteiger partial charge in [0.1, 0.15) is 11.7 Å². The quantitative estimate of drug-likeness (QED) is 0.571. The number of carbonyl (C=O) groups excluding carboxylic acids is 3. The molecule has 0 N–H and O–H groups in total. The van der Waals surface area contributed by atoms with E-state index < -0.39 is 46.5 Å². The molecular weight excluding hydrogens is 377 g/mol. The molecule has 3 rings (SSSR count). The number of ketones is 3. The number of carbonyl (C=O) groups is 3. The van der Waals surface area contributed by atoms with Crippen molar-refractivity contribution in [1.29, 1.82) is 0 Å². The van der Waals surface area contributed by atoms with Crippen molar-refractivity contribution in [2.24, 2.45) is 5.92 Å². The molecule has 0 aliphatic heterocycles. The van der Waals surface area contributed by atoms with Crippen molar-refractivity contribution in [3.63, 3.8) is 0 Å². The van der Waals surface area contributed by atoms with Crippen LogP contribution in [0.15, 0.2) is 12.1 Å². The van der Waals surface area contributed by atoms with Crippen molar-refractivity contribution < 1.29 is 32.3 Å². The number of rotatable bonds is 5. The fraction of sp³-hybridized carbons (Fsp3) is 0.421. The number of hydrogen-bond acceptors (Lipinski definition) is 6. The summed E-state index contributed by atoms with van der Waals surface area (Å²) in [7, 11) is 0. The number of nitrogens with zero attached hydrogens (tertiary/aromatic N) is 2. The summed E-state index contributed by atoms with van der Waals surface area (Å²) in [5, 5.41) is -0.00166. The third-order valence-corrected chi connectivity index (χ3v) is 4.55. The molecule has 0 atom stereocenters. The zero-order chi connectivity index (χ0) is 20.6. The molecule has 148 valence electrons. The van der Waals surface area contributed by atoms with Crippen molar-refractivity contribution >= 4 is 28.4 Å². The van der Waals surface area contributed by atoms with Crippen LogP contribution in [0.2, 0.25) is 0 Å². The largest absolute Gasteiger partial charge is 0.400 e. The van der Waals surface area contributed by atoms with Gasteiger partial charge in [0.2, 0.25) is 0 Å². The third-order valence-electron chi connectivity index (χ3n) is 4.55. The van der Waals surface area contributed by atoms with Crippen LogP contribution in [0.1, 0.15) is 47.9 Å². The van der Waals surface area contributed by atoms with Crippen LogP contribution in [0.3, 0.4) is 0 Å². The zero-order valence-corrected chi connectivity index (χ0v) is 15.2. The van der Waals surface area contributed by atoms with E-state index in [1.165, 1.54) is 13.8 Å². The predicted molar refractivity (Wildman–Crippen MR) is 91.4 cm³/mol. The monoisotopic (exact) mass is 394 g/mol. The highest BCUT2D eigenvalue weighted by Gasteiger charge is 2.43. The van der Waals surface area contributed by atoms with E-state index in [0.717, 1.165) is 12.1 Å². The summed E-state index contributed by atoms with van der Waals surface area (Å²) in [6.45, 7) is 2.30. The molecule has 0 saturated heterocycles. The van der Waals surface area contributed by atoms with E-state index in [1.54, 1.807) is 0 Å². The molecule has 6 nitrogen and oxygen atoms in total. The molecule has 1 fully saturated rings. The van der Waals surface area contributed by atoms with E-state index in [1.807, 2.05) is 0 Å². The zero-order valence-electron chi connectivity index (χ0n) is 15.2. The van der Waals surface area contributed by atoms with Gasteiger partial charge in [0.25, 0.3) is 0 Å². The van der Waals surface area contributed by atoms with Crippen LogP contribution in [-0.4, -0.2) is 33.9 Å². The molecule has 1 aliphatic carbocycles. The van der Waals surface area contributed by atoms with E-state index in [4.69, 9.17) is 0 Å². The van der Waals surface area contributed by atoms with E-state index in [-0.39, 0.29) is 36.2 Å². The highest BCUT2D eigenvalue weighted by atomic mass is 19.3. The molecular formula is C19H17F3N2O4. The number of halogens is 3. The number of aryl methyl sites for hydroxylation is 1. The first-order chi connectivity index (χ1) is 13.2. The van der Waals surface area contributed by atoms with E-state index >= 15 is 0 Å². The van der Waals surface area contributed by atoms with Crippen molar-refractivity contribution in [3.05, 3.63) is 34.9 Å². The minimum Gasteiger partial charge on any atom is -0.316 e. The van der Waals surface area contributed by atoms with Gasteiger partial charge in [-0.25, -0.2) is 14.4 Å². The van der Waals surface area contributed by atoms with Gasteiger partial charge in [-0.15, -0.1) is 0 Å². The van der Waals surface area contributed by atoms with Gasteiger partial charge in [-0.1, -0.05) is 0 Å². The number of alkyl halides is 2. The van der Waals surface area contributed by atoms with Gasteiger partial charge in [-0.05, 0) is 32.4 Å². The molecule has 1 saturated carbocycles. The Labute approximate surface area is 158 Å². The van der Waals surface area contributed by atoms with Gasteiger partial charge < -0.3 is 4.74 Å². The molecule has 0 bridgehead atoms. The number of aromatic nitrogens is 2. The topological polar surface area (TPSA) is 86.2 Å². The molecule has 2 heterocycles. The fourth-order valence-corrected chi connectivity index (χ4v) is 3.18. The first-order valence-corrected chi connectivity index (χ1v) is 8.75. The first kappa shape index (κ1) is 20.1. The molecule has 0 amide bonds. The average Bonchev–Trinajstić information content (AvgIpc) is 2.61. The van der Waals surface area contributed by atoms with Gasteiger partial charge in [0.15, 0.2) is 28.7 Å². The summed E-state index contributed by atoms with van der Waals surface area (Å²) >= 11 is 0. The van der Waals surface area contributed by atoms with Crippen molar-refractivity contribution in [1.82, 2.24) is 9.97 Å². The minimum atomic E-state index is -3.96. The number of ether oxygens (including phenoxy) is 1. The van der Waals surface area contributed by atoms with Crippen LogP contribution in [0.25, 0.3) is 11.0 Å². The second-order valence-electron chi connectivity index (χ2n) is 6.52. The van der Waals surface area contributed by atoms with Crippen molar-refractivity contribution in [2.75, 3.05) is 6.61 Å². The summed E-state index contributed by atoms with van der Waals surface area (Å²) in [4.78, 5) is 44.7. The van der Waals surface area contributed by atoms with E-state index in [0.29, 0.717) is 6.42 Å². The molecule has 2 aromatic heterocycles. The van der Waals surface area contributed by atoms with Gasteiger partial charge in [0.05, 0.1) is 17.9 Å². The Morgan fingerprint density at radius 2 is 1.86 bits per heavy atom. The van der Waals surface area contributed by atoms with E-state index in [9.17, 15) is 27.6 Å². The molecule has 1 aliphatic rings. The first-order valence-electron chi connectivity index (χ1n) is 8.75. The highest BCUT2D eigenvalue weighted by molar-refractivity contribution is 6.25. The van der Waals surface area contributed by atoms with Crippen LogP contribution in [0.4, 0.5) is 13.2 Å². The van der Waals surface area contributed by atoms with Crippen LogP contribution >= 0.6 is 0 Å². The van der Waals surface area contributed by atoms with Crippen LogP contribution in [0, 0.1) is 18.7 Å². The lowest BCUT2D eigenvalue weighted by Crippen LogP contribution is -2.37. The van der Waals surface area contributed by atoms with Crippen molar-refractivity contribution in [3.8, 4) is 0 Å². The summed E-state index contributed by atoms with van der Waals surface area (Å²) in [5.74, 6) is -4.70. The van der Waals surface area contributed by atoms with Crippen LogP contribution in [0.5, 0.6) is 0 Å². The molecule has 9 heteroatoms. The predicted octanol–water partition coefficient (Wildman–Crippen LogP) is 3.28. The summed E-state index contributed by atoms with van der Waals surface area (Å²) < 4.78 is 47.4. The Morgan fingerprint density at radius 3 is 2.46 bits per heavy atom. The molecule has 0 spiro atoms. The second kappa shape index (κ2) is 7.38. The molecule has 28 heavy (non-hydrogen) atoms. The Bertz CT molecular complexity index is 975. The third kappa shape index (κ3) is 3.54. The smallest absolute Gasteiger partial charge is 0.316 e. The second-order valence-corrected chi connectivity index (χ2v) is 6.52. The lowest BCUT2D eigenvalue weighted by atomic mass is 9.81. The van der Waals surface area contributed by atoms with Gasteiger partial charge in [0, 0.05) is 18.2 Å². The lowest BCUT2D eigenvalue weighted by molar-refractivity contribution is -0.248. The van der Waals surface area contributed by atoms with Crippen molar-refractivity contribution in [2.45, 2.75) is 39.2 Å². The Morgan fingerprint density at radius 1 is 1.21 bits per heavy atom. The normalized spacial score (nSPS) is 16.0. The Balaban J connectivity index is 2.23. The number of Topliss-reactive ketones (excluding diaryl/α,β-unsaturated/α-hetero) is 3. The van der Waals surface area contributed by atoms with Crippen LogP contribution < -0.4 is 0 Å². The molecule has 0 unspecified atom stereocenters. The maximum absolute atomic E-state index is 14.5. The summed E-state index contributed by atoms with van der Waals surface area (Å²) in [6.07, 6.45) is -3.63. The molecule has 0 radical (unpaired) electrons. The maximum atomic E-state index is 14.5. The number of fused-ring (bicyclic) bond motifs is 1. The summed E-state index contributed by atoms with van der Waals surface area (Å²) in [5.41, 5.74) is -1.95. The SMILES string of the molecule is CCOC(F)(F)c1nc2nc(C)c(F)cc2cc1C(=O)C1C(=O)CCCC1=O. The molecule has 2 aromatic rings. The van der Waals surface area contributed by atoms with Crippen LogP contribution in [-0.2, 0) is 20.4 Å².